The van der Waals surface area contributed by atoms with Crippen molar-refractivity contribution in [3.8, 4) is 0 Å². The van der Waals surface area contributed by atoms with E-state index in [2.05, 4.69) is 0 Å². The third-order valence-corrected chi connectivity index (χ3v) is 0.828. The second-order valence-corrected chi connectivity index (χ2v) is 3.12. The fourth-order valence-corrected chi connectivity index (χ4v) is 0.344. The Kier molecular flexibility index (Phi) is 16.6. The number of amidine groups is 1. The van der Waals surface area contributed by atoms with Crippen molar-refractivity contribution in [2.45, 2.75) is 20.3 Å². The molecule has 0 bridgehead atoms. The van der Waals surface area contributed by atoms with Gasteiger partial charge in [-0.1, -0.05) is 0 Å². The van der Waals surface area contributed by atoms with E-state index >= 15 is 0 Å². The molecule has 16 heavy (non-hydrogen) atoms. The number of hydrogen-bond donors (Lipinski definition) is 4. The van der Waals surface area contributed by atoms with E-state index < -0.39 is 11.9 Å². The molecule has 7 nitrogen and oxygen atoms in total. The van der Waals surface area contributed by atoms with Gasteiger partial charge in [0.05, 0.1) is 5.84 Å². The number of carboxylic acid groups (broad SMARTS) is 2. The van der Waals surface area contributed by atoms with Gasteiger partial charge < -0.3 is 20.8 Å². The van der Waals surface area contributed by atoms with Crippen molar-refractivity contribution in [1.29, 1.82) is 5.41 Å². The van der Waals surface area contributed by atoms with E-state index in [1.54, 1.807) is 0 Å². The summed E-state index contributed by atoms with van der Waals surface area (Å²) in [6, 6.07) is 0. The van der Waals surface area contributed by atoms with E-state index in [-0.39, 0.29) is 5.84 Å². The van der Waals surface area contributed by atoms with E-state index in [9.17, 15) is 0 Å². The molecule has 0 saturated carbocycles. The SMILES string of the molecule is CC(=O)O.CC(=O)O.CN(C)CCC(=N)N. The monoisotopic (exact) mass is 235 g/mol. The molecular formula is C9H21N3O4. The molecule has 0 amide bonds. The van der Waals surface area contributed by atoms with Gasteiger partial charge in [-0.3, -0.25) is 15.0 Å². The average molecular weight is 235 g/mol. The van der Waals surface area contributed by atoms with Gasteiger partial charge in [-0.05, 0) is 14.1 Å². The van der Waals surface area contributed by atoms with Crippen molar-refractivity contribution in [2.75, 3.05) is 20.6 Å². The van der Waals surface area contributed by atoms with E-state index in [1.165, 1.54) is 0 Å². The number of nitrogens with zero attached hydrogens (tertiary/aromatic N) is 1. The van der Waals surface area contributed by atoms with Crippen LogP contribution in [0.3, 0.4) is 0 Å². The summed E-state index contributed by atoms with van der Waals surface area (Å²) in [5, 5.41) is 21.7. The molecule has 0 aliphatic carbocycles. The minimum Gasteiger partial charge on any atom is -0.481 e. The number of hydrogen-bond acceptors (Lipinski definition) is 4. The Hall–Kier alpha value is -1.63. The van der Waals surface area contributed by atoms with Crippen LogP contribution in [0, 0.1) is 5.41 Å². The Morgan fingerprint density at radius 3 is 1.50 bits per heavy atom. The van der Waals surface area contributed by atoms with Crippen molar-refractivity contribution in [3.05, 3.63) is 0 Å². The Morgan fingerprint density at radius 2 is 1.44 bits per heavy atom. The summed E-state index contributed by atoms with van der Waals surface area (Å²) < 4.78 is 0. The second kappa shape index (κ2) is 13.4. The molecule has 0 saturated heterocycles. The first-order valence-electron chi connectivity index (χ1n) is 4.46. The zero-order chi connectivity index (χ0) is 13.7. The number of rotatable bonds is 3. The highest BCUT2D eigenvalue weighted by molar-refractivity contribution is 5.76. The van der Waals surface area contributed by atoms with Gasteiger partial charge in [0.25, 0.3) is 11.9 Å². The standard InChI is InChI=1S/C5H13N3.2C2H4O2/c1-8(2)4-3-5(6)7;2*1-2(3)4/h3-4H2,1-2H3,(H3,6,7);2*1H3,(H,3,4). The van der Waals surface area contributed by atoms with Gasteiger partial charge in [0.15, 0.2) is 0 Å². The summed E-state index contributed by atoms with van der Waals surface area (Å²) in [5.74, 6) is -1.40. The molecule has 7 heteroatoms. The second-order valence-electron chi connectivity index (χ2n) is 3.12. The molecule has 0 unspecified atom stereocenters. The van der Waals surface area contributed by atoms with Crippen LogP contribution in [0.25, 0.3) is 0 Å². The van der Waals surface area contributed by atoms with Crippen LogP contribution in [0.2, 0.25) is 0 Å². The molecule has 0 aromatic carbocycles. The van der Waals surface area contributed by atoms with Crippen molar-refractivity contribution in [1.82, 2.24) is 4.90 Å². The lowest BCUT2D eigenvalue weighted by Gasteiger charge is -2.06. The molecule has 0 spiro atoms. The Morgan fingerprint density at radius 1 is 1.19 bits per heavy atom. The summed E-state index contributed by atoms with van der Waals surface area (Å²) in [5.41, 5.74) is 5.10. The third kappa shape index (κ3) is 141. The van der Waals surface area contributed by atoms with E-state index in [0.29, 0.717) is 6.42 Å². The summed E-state index contributed by atoms with van der Waals surface area (Å²) in [4.78, 5) is 20.0. The smallest absolute Gasteiger partial charge is 0.300 e. The van der Waals surface area contributed by atoms with Crippen molar-refractivity contribution in [3.63, 3.8) is 0 Å². The fraction of sp³-hybridized carbons (Fsp3) is 0.667. The quantitative estimate of drug-likeness (QED) is 0.404. The highest BCUT2D eigenvalue weighted by atomic mass is 16.4. The van der Waals surface area contributed by atoms with Crippen LogP contribution in [0.15, 0.2) is 0 Å². The normalized spacial score (nSPS) is 8.06. The number of nitrogens with one attached hydrogen (secondary N) is 1. The molecular weight excluding hydrogens is 214 g/mol. The van der Waals surface area contributed by atoms with Gasteiger partial charge in [0.2, 0.25) is 0 Å². The molecule has 5 N–H and O–H groups in total. The lowest BCUT2D eigenvalue weighted by molar-refractivity contribution is -0.135. The summed E-state index contributed by atoms with van der Waals surface area (Å²) in [6.45, 7) is 3.04. The lowest BCUT2D eigenvalue weighted by atomic mass is 10.4. The first-order valence-corrected chi connectivity index (χ1v) is 4.46. The fourth-order valence-electron chi connectivity index (χ4n) is 0.344. The summed E-state index contributed by atoms with van der Waals surface area (Å²) >= 11 is 0. The summed E-state index contributed by atoms with van der Waals surface area (Å²) in [7, 11) is 3.92. The van der Waals surface area contributed by atoms with Crippen LogP contribution < -0.4 is 5.73 Å². The first kappa shape index (κ1) is 19.9. The molecule has 0 heterocycles. The first-order chi connectivity index (χ1) is 7.09. The van der Waals surface area contributed by atoms with Crippen molar-refractivity contribution >= 4 is 17.8 Å². The molecule has 0 radical (unpaired) electrons. The largest absolute Gasteiger partial charge is 0.481 e. The molecule has 0 atom stereocenters. The van der Waals surface area contributed by atoms with Gasteiger partial charge in [0.1, 0.15) is 0 Å². The van der Waals surface area contributed by atoms with Crippen molar-refractivity contribution in [2.24, 2.45) is 5.73 Å². The lowest BCUT2D eigenvalue weighted by Crippen LogP contribution is -2.20. The summed E-state index contributed by atoms with van der Waals surface area (Å²) in [6.07, 6.45) is 0.674. The number of carbonyl (C=O) groups is 2. The Labute approximate surface area is 95.4 Å². The zero-order valence-electron chi connectivity index (χ0n) is 10.1. The Balaban J connectivity index is -0.000000179. The van der Waals surface area contributed by atoms with Gasteiger partial charge in [-0.2, -0.15) is 0 Å². The predicted molar refractivity (Wildman–Crippen MR) is 61.7 cm³/mol. The van der Waals surface area contributed by atoms with Gasteiger partial charge in [-0.15, -0.1) is 0 Å². The Bertz CT molecular complexity index is 197. The highest BCUT2D eigenvalue weighted by Crippen LogP contribution is 1.79. The van der Waals surface area contributed by atoms with Crippen molar-refractivity contribution < 1.29 is 19.8 Å². The van der Waals surface area contributed by atoms with E-state index in [0.717, 1.165) is 20.4 Å². The minimum absolute atomic E-state index is 0.263. The van der Waals surface area contributed by atoms with E-state index in [4.69, 9.17) is 30.9 Å². The minimum atomic E-state index is -0.833. The maximum atomic E-state index is 9.00. The van der Waals surface area contributed by atoms with Gasteiger partial charge >= 0.3 is 0 Å². The maximum Gasteiger partial charge on any atom is 0.300 e. The predicted octanol–water partition coefficient (Wildman–Crippen LogP) is 0.0559. The van der Waals surface area contributed by atoms with Crippen LogP contribution in [-0.2, 0) is 9.59 Å². The van der Waals surface area contributed by atoms with Crippen LogP contribution in [0.1, 0.15) is 20.3 Å². The van der Waals surface area contributed by atoms with Crippen LogP contribution in [0.4, 0.5) is 0 Å². The molecule has 0 aliphatic rings. The van der Waals surface area contributed by atoms with Crippen LogP contribution in [-0.4, -0.2) is 53.5 Å². The molecule has 0 fully saturated rings. The third-order valence-electron chi connectivity index (χ3n) is 0.828. The molecule has 0 aliphatic heterocycles. The molecule has 0 aromatic rings. The zero-order valence-corrected chi connectivity index (χ0v) is 10.1. The van der Waals surface area contributed by atoms with Gasteiger partial charge in [-0.25, -0.2) is 0 Å². The molecule has 0 aromatic heterocycles. The van der Waals surface area contributed by atoms with Gasteiger partial charge in [0, 0.05) is 26.8 Å². The topological polar surface area (TPSA) is 128 Å². The average Bonchev–Trinajstić information content (AvgIpc) is 1.98. The number of nitrogens with two attached hydrogens (primary N) is 1. The number of aliphatic carboxylic acids is 2. The molecule has 0 rings (SSSR count). The molecule has 96 valence electrons. The van der Waals surface area contributed by atoms with Crippen LogP contribution in [0.5, 0.6) is 0 Å². The maximum absolute atomic E-state index is 9.00. The highest BCUT2D eigenvalue weighted by Gasteiger charge is 1.89. The van der Waals surface area contributed by atoms with Crippen LogP contribution >= 0.6 is 0 Å². The number of carboxylic acids is 2. The van der Waals surface area contributed by atoms with E-state index in [1.807, 2.05) is 19.0 Å².